The monoisotopic (exact) mass is 378 g/mol. The maximum atomic E-state index is 5.49. The molecule has 0 radical (unpaired) electrons. The summed E-state index contributed by atoms with van der Waals surface area (Å²) in [6.07, 6.45) is 0.969. The molecule has 0 saturated heterocycles. The quantitative estimate of drug-likeness (QED) is 0.615. The SMILES string of the molecule is CCc1ccccc1NC(=S)NCc1c(C)nn(Cc2ccccc2)c1C. The lowest BCUT2D eigenvalue weighted by molar-refractivity contribution is 0.657. The Morgan fingerprint density at radius 2 is 1.74 bits per heavy atom. The lowest BCUT2D eigenvalue weighted by Gasteiger charge is -2.13. The van der Waals surface area contributed by atoms with Crippen LogP contribution in [0.15, 0.2) is 54.6 Å². The van der Waals surface area contributed by atoms with Crippen LogP contribution in [0.1, 0.15) is 35.0 Å². The van der Waals surface area contributed by atoms with Crippen LogP contribution < -0.4 is 10.6 Å². The molecule has 2 aromatic carbocycles. The Morgan fingerprint density at radius 1 is 1.04 bits per heavy atom. The summed E-state index contributed by atoms with van der Waals surface area (Å²) in [5.74, 6) is 0. The third kappa shape index (κ3) is 4.74. The van der Waals surface area contributed by atoms with E-state index in [-0.39, 0.29) is 0 Å². The molecule has 0 spiro atoms. The molecule has 0 aliphatic rings. The molecule has 0 atom stereocenters. The summed E-state index contributed by atoms with van der Waals surface area (Å²) >= 11 is 5.49. The van der Waals surface area contributed by atoms with Crippen molar-refractivity contribution in [2.75, 3.05) is 5.32 Å². The highest BCUT2D eigenvalue weighted by Crippen LogP contribution is 2.17. The molecule has 0 fully saturated rings. The van der Waals surface area contributed by atoms with E-state index in [1.54, 1.807) is 0 Å². The molecular formula is C22H26N4S. The molecule has 3 aromatic rings. The van der Waals surface area contributed by atoms with Gasteiger partial charge < -0.3 is 10.6 Å². The highest BCUT2D eigenvalue weighted by molar-refractivity contribution is 7.80. The molecule has 1 heterocycles. The molecular weight excluding hydrogens is 352 g/mol. The van der Waals surface area contributed by atoms with E-state index >= 15 is 0 Å². The second kappa shape index (κ2) is 8.82. The number of hydrogen-bond donors (Lipinski definition) is 2. The van der Waals surface area contributed by atoms with Gasteiger partial charge in [-0.25, -0.2) is 0 Å². The molecule has 0 aliphatic carbocycles. The summed E-state index contributed by atoms with van der Waals surface area (Å²) in [6.45, 7) is 7.74. The van der Waals surface area contributed by atoms with E-state index in [0.29, 0.717) is 11.7 Å². The number of rotatable bonds is 6. The van der Waals surface area contributed by atoms with Crippen LogP contribution in [0, 0.1) is 13.8 Å². The average Bonchev–Trinajstić information content (AvgIpc) is 2.94. The number of nitrogens with zero attached hydrogens (tertiary/aromatic N) is 2. The van der Waals surface area contributed by atoms with Gasteiger partial charge in [0.2, 0.25) is 0 Å². The largest absolute Gasteiger partial charge is 0.358 e. The van der Waals surface area contributed by atoms with Gasteiger partial charge in [0, 0.05) is 23.5 Å². The number of hydrogen-bond acceptors (Lipinski definition) is 2. The summed E-state index contributed by atoms with van der Waals surface area (Å²) in [7, 11) is 0. The molecule has 0 saturated carbocycles. The van der Waals surface area contributed by atoms with E-state index in [1.165, 1.54) is 22.4 Å². The molecule has 27 heavy (non-hydrogen) atoms. The number of aromatic nitrogens is 2. The minimum atomic E-state index is 0.630. The Balaban J connectivity index is 1.65. The van der Waals surface area contributed by atoms with Crippen molar-refractivity contribution >= 4 is 23.0 Å². The fraction of sp³-hybridized carbons (Fsp3) is 0.273. The number of nitrogens with one attached hydrogen (secondary N) is 2. The second-order valence-corrected chi connectivity index (χ2v) is 7.02. The lowest BCUT2D eigenvalue weighted by Crippen LogP contribution is -2.28. The van der Waals surface area contributed by atoms with Gasteiger partial charge in [-0.3, -0.25) is 4.68 Å². The van der Waals surface area contributed by atoms with Gasteiger partial charge >= 0.3 is 0 Å². The standard InChI is InChI=1S/C22H26N4S/c1-4-19-12-8-9-13-21(19)24-22(27)23-14-20-16(2)25-26(17(20)3)15-18-10-6-5-7-11-18/h5-13H,4,14-15H2,1-3H3,(H2,23,24,27). The summed E-state index contributed by atoms with van der Waals surface area (Å²) in [5.41, 5.74) is 6.96. The van der Waals surface area contributed by atoms with E-state index < -0.39 is 0 Å². The fourth-order valence-corrected chi connectivity index (χ4v) is 3.37. The Morgan fingerprint density at radius 3 is 2.48 bits per heavy atom. The van der Waals surface area contributed by atoms with E-state index in [2.05, 4.69) is 65.6 Å². The Bertz CT molecular complexity index is 915. The first-order chi connectivity index (χ1) is 13.1. The lowest BCUT2D eigenvalue weighted by atomic mass is 10.1. The van der Waals surface area contributed by atoms with Crippen LogP contribution in [0.25, 0.3) is 0 Å². The predicted octanol–water partition coefficient (Wildman–Crippen LogP) is 4.60. The van der Waals surface area contributed by atoms with Crippen molar-refractivity contribution in [1.82, 2.24) is 15.1 Å². The highest BCUT2D eigenvalue weighted by atomic mass is 32.1. The number of benzene rings is 2. The van der Waals surface area contributed by atoms with Gasteiger partial charge in [-0.05, 0) is 49.7 Å². The molecule has 4 nitrogen and oxygen atoms in total. The molecule has 0 bridgehead atoms. The molecule has 2 N–H and O–H groups in total. The van der Waals surface area contributed by atoms with Crippen molar-refractivity contribution in [2.45, 2.75) is 40.3 Å². The number of anilines is 1. The molecule has 0 amide bonds. The Kier molecular flexibility index (Phi) is 6.24. The van der Waals surface area contributed by atoms with E-state index in [9.17, 15) is 0 Å². The van der Waals surface area contributed by atoms with Crippen LogP contribution in [-0.4, -0.2) is 14.9 Å². The first-order valence-corrected chi connectivity index (χ1v) is 9.69. The molecule has 140 valence electrons. The van der Waals surface area contributed by atoms with Gasteiger partial charge in [0.15, 0.2) is 5.11 Å². The number of thiocarbonyl (C=S) groups is 1. The van der Waals surface area contributed by atoms with Crippen LogP contribution in [0.4, 0.5) is 5.69 Å². The van der Waals surface area contributed by atoms with Crippen LogP contribution >= 0.6 is 12.2 Å². The van der Waals surface area contributed by atoms with Gasteiger partial charge in [-0.1, -0.05) is 55.5 Å². The second-order valence-electron chi connectivity index (χ2n) is 6.61. The van der Waals surface area contributed by atoms with Crippen LogP contribution in [0.3, 0.4) is 0 Å². The molecule has 5 heteroatoms. The molecule has 3 rings (SSSR count). The molecule has 0 aliphatic heterocycles. The van der Waals surface area contributed by atoms with Crippen LogP contribution in [-0.2, 0) is 19.5 Å². The third-order valence-corrected chi connectivity index (χ3v) is 5.03. The Labute approximate surface area is 166 Å². The molecule has 1 aromatic heterocycles. The predicted molar refractivity (Wildman–Crippen MR) is 116 cm³/mol. The van der Waals surface area contributed by atoms with E-state index in [0.717, 1.165) is 24.3 Å². The van der Waals surface area contributed by atoms with Gasteiger partial charge in [-0.2, -0.15) is 5.10 Å². The summed E-state index contributed by atoms with van der Waals surface area (Å²) < 4.78 is 2.06. The smallest absolute Gasteiger partial charge is 0.171 e. The minimum Gasteiger partial charge on any atom is -0.358 e. The van der Waals surface area contributed by atoms with Crippen molar-refractivity contribution in [3.05, 3.63) is 82.7 Å². The normalized spacial score (nSPS) is 10.6. The molecule has 0 unspecified atom stereocenters. The maximum absolute atomic E-state index is 5.49. The zero-order chi connectivity index (χ0) is 19.2. The summed E-state index contributed by atoms with van der Waals surface area (Å²) in [4.78, 5) is 0. The van der Waals surface area contributed by atoms with Gasteiger partial charge in [0.25, 0.3) is 0 Å². The van der Waals surface area contributed by atoms with Crippen LogP contribution in [0.5, 0.6) is 0 Å². The first-order valence-electron chi connectivity index (χ1n) is 9.28. The van der Waals surface area contributed by atoms with Crippen molar-refractivity contribution in [1.29, 1.82) is 0 Å². The Hall–Kier alpha value is -2.66. The van der Waals surface area contributed by atoms with Crippen molar-refractivity contribution in [2.24, 2.45) is 0 Å². The maximum Gasteiger partial charge on any atom is 0.171 e. The minimum absolute atomic E-state index is 0.630. The van der Waals surface area contributed by atoms with Crippen molar-refractivity contribution in [3.8, 4) is 0 Å². The fourth-order valence-electron chi connectivity index (χ4n) is 3.19. The average molecular weight is 379 g/mol. The van der Waals surface area contributed by atoms with Gasteiger partial charge in [0.05, 0.1) is 12.2 Å². The topological polar surface area (TPSA) is 41.9 Å². The van der Waals surface area contributed by atoms with Crippen molar-refractivity contribution in [3.63, 3.8) is 0 Å². The van der Waals surface area contributed by atoms with Crippen LogP contribution in [0.2, 0.25) is 0 Å². The van der Waals surface area contributed by atoms with E-state index in [4.69, 9.17) is 17.3 Å². The van der Waals surface area contributed by atoms with Gasteiger partial charge in [-0.15, -0.1) is 0 Å². The zero-order valence-corrected chi connectivity index (χ0v) is 16.9. The van der Waals surface area contributed by atoms with E-state index in [1.807, 2.05) is 25.1 Å². The third-order valence-electron chi connectivity index (χ3n) is 4.78. The summed E-state index contributed by atoms with van der Waals surface area (Å²) in [5, 5.41) is 12.0. The number of aryl methyl sites for hydroxylation is 2. The summed E-state index contributed by atoms with van der Waals surface area (Å²) in [6, 6.07) is 18.6. The van der Waals surface area contributed by atoms with Crippen molar-refractivity contribution < 1.29 is 0 Å². The zero-order valence-electron chi connectivity index (χ0n) is 16.1. The highest BCUT2D eigenvalue weighted by Gasteiger charge is 2.12. The van der Waals surface area contributed by atoms with Gasteiger partial charge in [0.1, 0.15) is 0 Å². The first kappa shape index (κ1) is 19.1. The number of para-hydroxylation sites is 1.